The number of rotatable bonds is 3. The van der Waals surface area contributed by atoms with Crippen molar-refractivity contribution in [2.75, 3.05) is 19.7 Å². The van der Waals surface area contributed by atoms with Gasteiger partial charge in [-0.15, -0.1) is 0 Å². The molecule has 1 aliphatic heterocycles. The first-order valence-electron chi connectivity index (χ1n) is 9.02. The fourth-order valence-electron chi connectivity index (χ4n) is 3.28. The molecule has 0 bridgehead atoms. The van der Waals surface area contributed by atoms with Crippen LogP contribution in [-0.4, -0.2) is 50.5 Å². The first-order chi connectivity index (χ1) is 14.3. The molecule has 0 radical (unpaired) electrons. The lowest BCUT2D eigenvalue weighted by atomic mass is 10.1. The fraction of sp³-hybridized carbons (Fsp3) is 0.263. The van der Waals surface area contributed by atoms with Crippen LogP contribution in [0.1, 0.15) is 27.7 Å². The van der Waals surface area contributed by atoms with Crippen molar-refractivity contribution in [2.24, 2.45) is 0 Å². The number of nitrogens with zero attached hydrogens (tertiary/aromatic N) is 4. The normalized spacial score (nSPS) is 17.2. The molecule has 1 unspecified atom stereocenters. The van der Waals surface area contributed by atoms with Gasteiger partial charge >= 0.3 is 6.18 Å². The molecular formula is C19H16F3N5O3. The molecule has 1 amide bonds. The van der Waals surface area contributed by atoms with Crippen LogP contribution in [0.3, 0.4) is 0 Å². The van der Waals surface area contributed by atoms with Gasteiger partial charge in [-0.25, -0.2) is 9.78 Å². The summed E-state index contributed by atoms with van der Waals surface area (Å²) in [5, 5.41) is 9.34. The number of amides is 1. The number of benzene rings is 1. The van der Waals surface area contributed by atoms with E-state index in [0.29, 0.717) is 4.68 Å². The average molecular weight is 419 g/mol. The molecule has 1 N–H and O–H groups in total. The second-order valence-corrected chi connectivity index (χ2v) is 6.62. The van der Waals surface area contributed by atoms with Crippen LogP contribution in [-0.2, 0) is 10.9 Å². The van der Waals surface area contributed by atoms with Crippen molar-refractivity contribution in [3.8, 4) is 5.82 Å². The summed E-state index contributed by atoms with van der Waals surface area (Å²) in [5.74, 6) is -1.06. The standard InChI is InChI=1S/C19H16F3N5O3/c20-19(21,22)17-13(10-23-27(17)15-6-7-16(28)25-24-15)18(29)26-8-9-30-14(11-26)12-4-2-1-3-5-12/h1-7,10,14H,8-9,11H2,(H,25,28). The van der Waals surface area contributed by atoms with E-state index in [1.807, 2.05) is 30.3 Å². The molecule has 1 saturated heterocycles. The maximum absolute atomic E-state index is 13.8. The van der Waals surface area contributed by atoms with Gasteiger partial charge in [0.25, 0.3) is 11.5 Å². The van der Waals surface area contributed by atoms with Crippen LogP contribution in [0.4, 0.5) is 13.2 Å². The van der Waals surface area contributed by atoms with Crippen LogP contribution in [0.5, 0.6) is 0 Å². The van der Waals surface area contributed by atoms with E-state index in [1.54, 1.807) is 0 Å². The maximum Gasteiger partial charge on any atom is 0.434 e. The minimum absolute atomic E-state index is 0.113. The Kier molecular flexibility index (Phi) is 5.12. The van der Waals surface area contributed by atoms with Crippen LogP contribution in [0.2, 0.25) is 0 Å². The van der Waals surface area contributed by atoms with E-state index in [-0.39, 0.29) is 25.5 Å². The molecule has 3 heterocycles. The third kappa shape index (κ3) is 3.83. The zero-order valence-electron chi connectivity index (χ0n) is 15.5. The van der Waals surface area contributed by atoms with Gasteiger partial charge in [-0.3, -0.25) is 9.59 Å². The summed E-state index contributed by atoms with van der Waals surface area (Å²) in [4.78, 5) is 25.5. The van der Waals surface area contributed by atoms with Crippen LogP contribution in [0, 0.1) is 0 Å². The Morgan fingerprint density at radius 3 is 2.60 bits per heavy atom. The Morgan fingerprint density at radius 2 is 1.93 bits per heavy atom. The molecule has 3 aromatic rings. The SMILES string of the molecule is O=C(c1cnn(-c2ccc(=O)[nH]n2)c1C(F)(F)F)N1CCOC(c2ccccc2)C1. The van der Waals surface area contributed by atoms with E-state index in [0.717, 1.165) is 23.9 Å². The lowest BCUT2D eigenvalue weighted by molar-refractivity contribution is -0.143. The highest BCUT2D eigenvalue weighted by Crippen LogP contribution is 2.34. The Balaban J connectivity index is 1.67. The molecule has 1 atom stereocenters. The topological polar surface area (TPSA) is 93.1 Å². The number of aromatic nitrogens is 4. The van der Waals surface area contributed by atoms with Gasteiger partial charge < -0.3 is 9.64 Å². The third-order valence-electron chi connectivity index (χ3n) is 4.67. The molecule has 0 spiro atoms. The molecule has 11 heteroatoms. The number of hydrogen-bond acceptors (Lipinski definition) is 5. The summed E-state index contributed by atoms with van der Waals surface area (Å²) in [6.07, 6.45) is -4.44. The number of hydrogen-bond donors (Lipinski definition) is 1. The number of carbonyl (C=O) groups excluding carboxylic acids is 1. The van der Waals surface area contributed by atoms with E-state index >= 15 is 0 Å². The first-order valence-corrected chi connectivity index (χ1v) is 9.02. The number of aromatic amines is 1. The molecule has 2 aromatic heterocycles. The van der Waals surface area contributed by atoms with Crippen molar-refractivity contribution in [2.45, 2.75) is 12.3 Å². The highest BCUT2D eigenvalue weighted by Gasteiger charge is 2.42. The smallest absolute Gasteiger partial charge is 0.370 e. The Labute approximate surface area is 167 Å². The van der Waals surface area contributed by atoms with E-state index in [1.165, 1.54) is 4.90 Å². The van der Waals surface area contributed by atoms with Gasteiger partial charge in [0.15, 0.2) is 11.5 Å². The number of morpholine rings is 1. The second kappa shape index (κ2) is 7.75. The van der Waals surface area contributed by atoms with Gasteiger partial charge in [0, 0.05) is 12.6 Å². The third-order valence-corrected chi connectivity index (χ3v) is 4.67. The predicted molar refractivity (Wildman–Crippen MR) is 98.0 cm³/mol. The van der Waals surface area contributed by atoms with Crippen molar-refractivity contribution in [3.05, 3.63) is 75.8 Å². The largest absolute Gasteiger partial charge is 0.434 e. The summed E-state index contributed by atoms with van der Waals surface area (Å²) < 4.78 is 47.6. The minimum Gasteiger partial charge on any atom is -0.370 e. The minimum atomic E-state index is -4.87. The summed E-state index contributed by atoms with van der Waals surface area (Å²) in [5.41, 5.74) is -1.59. The van der Waals surface area contributed by atoms with Crippen LogP contribution >= 0.6 is 0 Å². The number of carbonyl (C=O) groups is 1. The number of halogens is 3. The Bertz CT molecular complexity index is 1090. The molecular weight excluding hydrogens is 403 g/mol. The van der Waals surface area contributed by atoms with Crippen LogP contribution < -0.4 is 5.56 Å². The molecule has 4 rings (SSSR count). The van der Waals surface area contributed by atoms with E-state index in [4.69, 9.17) is 4.74 Å². The van der Waals surface area contributed by atoms with Gasteiger partial charge in [0.2, 0.25) is 0 Å². The summed E-state index contributed by atoms with van der Waals surface area (Å²) in [7, 11) is 0. The fourth-order valence-corrected chi connectivity index (χ4v) is 3.28. The van der Waals surface area contributed by atoms with Crippen molar-refractivity contribution in [1.82, 2.24) is 24.9 Å². The zero-order valence-corrected chi connectivity index (χ0v) is 15.5. The number of ether oxygens (including phenoxy) is 1. The lowest BCUT2D eigenvalue weighted by Gasteiger charge is -2.33. The molecule has 0 saturated carbocycles. The lowest BCUT2D eigenvalue weighted by Crippen LogP contribution is -2.42. The van der Waals surface area contributed by atoms with Gasteiger partial charge in [-0.1, -0.05) is 30.3 Å². The summed E-state index contributed by atoms with van der Waals surface area (Å²) in [6.45, 7) is 0.464. The van der Waals surface area contributed by atoms with Crippen molar-refractivity contribution in [1.29, 1.82) is 0 Å². The second-order valence-electron chi connectivity index (χ2n) is 6.62. The van der Waals surface area contributed by atoms with Crippen molar-refractivity contribution < 1.29 is 22.7 Å². The van der Waals surface area contributed by atoms with Gasteiger partial charge in [0.1, 0.15) is 6.10 Å². The summed E-state index contributed by atoms with van der Waals surface area (Å²) >= 11 is 0. The quantitative estimate of drug-likeness (QED) is 0.703. The van der Waals surface area contributed by atoms with Crippen LogP contribution in [0.15, 0.2) is 53.5 Å². The number of nitrogens with one attached hydrogen (secondary N) is 1. The number of alkyl halides is 3. The molecule has 1 fully saturated rings. The van der Waals surface area contributed by atoms with Gasteiger partial charge in [-0.2, -0.15) is 23.4 Å². The molecule has 0 aliphatic carbocycles. The van der Waals surface area contributed by atoms with Crippen molar-refractivity contribution in [3.63, 3.8) is 0 Å². The highest BCUT2D eigenvalue weighted by atomic mass is 19.4. The van der Waals surface area contributed by atoms with Crippen molar-refractivity contribution >= 4 is 5.91 Å². The monoisotopic (exact) mass is 419 g/mol. The maximum atomic E-state index is 13.8. The molecule has 8 nitrogen and oxygen atoms in total. The Morgan fingerprint density at radius 1 is 1.17 bits per heavy atom. The molecule has 30 heavy (non-hydrogen) atoms. The molecule has 1 aromatic carbocycles. The predicted octanol–water partition coefficient (Wildman–Crippen LogP) is 2.19. The highest BCUT2D eigenvalue weighted by molar-refractivity contribution is 5.95. The van der Waals surface area contributed by atoms with Gasteiger partial charge in [0.05, 0.1) is 24.9 Å². The summed E-state index contributed by atoms with van der Waals surface area (Å²) in [6, 6.07) is 11.3. The van der Waals surface area contributed by atoms with E-state index < -0.39 is 35.0 Å². The zero-order chi connectivity index (χ0) is 21.3. The average Bonchev–Trinajstić information content (AvgIpc) is 3.20. The van der Waals surface area contributed by atoms with Gasteiger partial charge in [-0.05, 0) is 11.6 Å². The first kappa shape index (κ1) is 19.8. The number of H-pyrrole nitrogens is 1. The van der Waals surface area contributed by atoms with E-state index in [2.05, 4.69) is 15.3 Å². The van der Waals surface area contributed by atoms with Crippen LogP contribution in [0.25, 0.3) is 5.82 Å². The van der Waals surface area contributed by atoms with E-state index in [9.17, 15) is 22.8 Å². The molecule has 156 valence electrons. The Hall–Kier alpha value is -3.47. The molecule has 1 aliphatic rings.